The first-order valence-electron chi connectivity index (χ1n) is 9.15. The Labute approximate surface area is 157 Å². The second-order valence-corrected chi connectivity index (χ2v) is 7.02. The fraction of sp³-hybridized carbons (Fsp3) is 0.500. The van der Waals surface area contributed by atoms with E-state index in [9.17, 15) is 19.2 Å². The van der Waals surface area contributed by atoms with Gasteiger partial charge in [0.05, 0.1) is 24.5 Å². The van der Waals surface area contributed by atoms with Crippen LogP contribution in [-0.2, 0) is 30.5 Å². The van der Waals surface area contributed by atoms with Crippen LogP contribution in [0.1, 0.15) is 48.5 Å². The van der Waals surface area contributed by atoms with Gasteiger partial charge in [0.2, 0.25) is 11.8 Å². The molecule has 1 aliphatic carbocycles. The SMILES string of the molecule is COC(=O)c1cccc(COC(=O)[C@H](C)N2C(=O)[C@H]3CCCC[C@@H]3C2=O)c1. The van der Waals surface area contributed by atoms with Gasteiger partial charge in [0.15, 0.2) is 0 Å². The molecule has 0 radical (unpaired) electrons. The highest BCUT2D eigenvalue weighted by Gasteiger charge is 2.51. The second kappa shape index (κ2) is 7.90. The molecule has 1 heterocycles. The molecule has 0 N–H and O–H groups in total. The zero-order chi connectivity index (χ0) is 19.6. The summed E-state index contributed by atoms with van der Waals surface area (Å²) in [5, 5.41) is 0. The Morgan fingerprint density at radius 3 is 2.37 bits per heavy atom. The van der Waals surface area contributed by atoms with Gasteiger partial charge >= 0.3 is 11.9 Å². The Morgan fingerprint density at radius 2 is 1.78 bits per heavy atom. The molecule has 144 valence electrons. The summed E-state index contributed by atoms with van der Waals surface area (Å²) in [6.07, 6.45) is 3.27. The Balaban J connectivity index is 1.63. The van der Waals surface area contributed by atoms with Crippen molar-refractivity contribution in [2.75, 3.05) is 7.11 Å². The van der Waals surface area contributed by atoms with E-state index < -0.39 is 18.0 Å². The largest absolute Gasteiger partial charge is 0.465 e. The van der Waals surface area contributed by atoms with Crippen LogP contribution in [0.5, 0.6) is 0 Å². The van der Waals surface area contributed by atoms with Crippen molar-refractivity contribution in [1.29, 1.82) is 0 Å². The summed E-state index contributed by atoms with van der Waals surface area (Å²) in [6.45, 7) is 1.46. The molecule has 3 atom stereocenters. The first-order valence-corrected chi connectivity index (χ1v) is 9.15. The second-order valence-electron chi connectivity index (χ2n) is 7.02. The van der Waals surface area contributed by atoms with Gasteiger partial charge in [-0.25, -0.2) is 9.59 Å². The van der Waals surface area contributed by atoms with Crippen molar-refractivity contribution in [2.45, 2.75) is 45.3 Å². The van der Waals surface area contributed by atoms with E-state index in [1.807, 2.05) is 0 Å². The number of carbonyl (C=O) groups excluding carboxylic acids is 4. The van der Waals surface area contributed by atoms with Gasteiger partial charge in [-0.1, -0.05) is 25.0 Å². The molecule has 3 rings (SSSR count). The molecule has 0 spiro atoms. The fourth-order valence-electron chi connectivity index (χ4n) is 3.86. The quantitative estimate of drug-likeness (QED) is 0.580. The van der Waals surface area contributed by atoms with E-state index >= 15 is 0 Å². The van der Waals surface area contributed by atoms with Crippen LogP contribution in [0.15, 0.2) is 24.3 Å². The van der Waals surface area contributed by atoms with Crippen LogP contribution < -0.4 is 0 Å². The van der Waals surface area contributed by atoms with E-state index in [-0.39, 0.29) is 30.3 Å². The van der Waals surface area contributed by atoms with Gasteiger partial charge in [0.25, 0.3) is 0 Å². The molecule has 27 heavy (non-hydrogen) atoms. The van der Waals surface area contributed by atoms with Crippen molar-refractivity contribution in [3.8, 4) is 0 Å². The summed E-state index contributed by atoms with van der Waals surface area (Å²) >= 11 is 0. The fourth-order valence-corrected chi connectivity index (χ4v) is 3.86. The molecule has 2 fully saturated rings. The minimum atomic E-state index is -0.959. The average Bonchev–Trinajstić information content (AvgIpc) is 2.96. The summed E-state index contributed by atoms with van der Waals surface area (Å²) in [7, 11) is 1.29. The number of nitrogens with zero attached hydrogens (tertiary/aromatic N) is 1. The van der Waals surface area contributed by atoms with Crippen molar-refractivity contribution in [3.63, 3.8) is 0 Å². The van der Waals surface area contributed by atoms with Gasteiger partial charge in [0.1, 0.15) is 12.6 Å². The zero-order valence-electron chi connectivity index (χ0n) is 15.5. The van der Waals surface area contributed by atoms with Gasteiger partial charge in [-0.3, -0.25) is 14.5 Å². The molecule has 0 unspecified atom stereocenters. The molecule has 1 saturated carbocycles. The van der Waals surface area contributed by atoms with Gasteiger partial charge in [-0.05, 0) is 37.5 Å². The van der Waals surface area contributed by atoms with Crippen LogP contribution >= 0.6 is 0 Å². The third-order valence-electron chi connectivity index (χ3n) is 5.33. The molecule has 0 bridgehead atoms. The summed E-state index contributed by atoms with van der Waals surface area (Å²) in [6, 6.07) is 5.59. The minimum Gasteiger partial charge on any atom is -0.465 e. The number of hydrogen-bond acceptors (Lipinski definition) is 6. The van der Waals surface area contributed by atoms with Crippen LogP contribution in [0.25, 0.3) is 0 Å². The van der Waals surface area contributed by atoms with Gasteiger partial charge < -0.3 is 9.47 Å². The summed E-state index contributed by atoms with van der Waals surface area (Å²) in [5.41, 5.74) is 0.972. The predicted octanol–water partition coefficient (Wildman–Crippen LogP) is 2.08. The van der Waals surface area contributed by atoms with Crippen molar-refractivity contribution >= 4 is 23.8 Å². The van der Waals surface area contributed by atoms with Crippen molar-refractivity contribution in [2.24, 2.45) is 11.8 Å². The number of likely N-dealkylation sites (tertiary alicyclic amines) is 1. The van der Waals surface area contributed by atoms with Gasteiger partial charge in [-0.2, -0.15) is 0 Å². The van der Waals surface area contributed by atoms with Crippen molar-refractivity contribution in [3.05, 3.63) is 35.4 Å². The lowest BCUT2D eigenvalue weighted by molar-refractivity contribution is -0.159. The first kappa shape index (κ1) is 19.1. The van der Waals surface area contributed by atoms with Gasteiger partial charge in [0, 0.05) is 0 Å². The third-order valence-corrected chi connectivity index (χ3v) is 5.33. The third kappa shape index (κ3) is 3.72. The van der Waals surface area contributed by atoms with E-state index in [0.29, 0.717) is 24.0 Å². The number of ether oxygens (including phenoxy) is 2. The number of benzene rings is 1. The lowest BCUT2D eigenvalue weighted by Gasteiger charge is -2.21. The van der Waals surface area contributed by atoms with Crippen LogP contribution in [0.3, 0.4) is 0 Å². The molecule has 7 heteroatoms. The van der Waals surface area contributed by atoms with Crippen LogP contribution in [0, 0.1) is 11.8 Å². The first-order chi connectivity index (χ1) is 12.9. The number of carbonyl (C=O) groups is 4. The minimum absolute atomic E-state index is 0.0584. The van der Waals surface area contributed by atoms with E-state index in [4.69, 9.17) is 4.74 Å². The molecule has 2 amide bonds. The number of amides is 2. The maximum Gasteiger partial charge on any atom is 0.337 e. The number of rotatable bonds is 5. The Morgan fingerprint density at radius 1 is 1.15 bits per heavy atom. The summed E-state index contributed by atoms with van der Waals surface area (Å²) < 4.78 is 9.95. The van der Waals surface area contributed by atoms with Gasteiger partial charge in [-0.15, -0.1) is 0 Å². The maximum absolute atomic E-state index is 12.6. The number of esters is 2. The Hall–Kier alpha value is -2.70. The smallest absolute Gasteiger partial charge is 0.337 e. The van der Waals surface area contributed by atoms with Crippen LogP contribution in [-0.4, -0.2) is 41.8 Å². The highest BCUT2D eigenvalue weighted by atomic mass is 16.5. The highest BCUT2D eigenvalue weighted by molar-refractivity contribution is 6.07. The maximum atomic E-state index is 12.6. The number of imide groups is 1. The molecular weight excluding hydrogens is 350 g/mol. The monoisotopic (exact) mass is 373 g/mol. The van der Waals surface area contributed by atoms with E-state index in [2.05, 4.69) is 4.74 Å². The topological polar surface area (TPSA) is 90.0 Å². The molecule has 1 saturated heterocycles. The van der Waals surface area contributed by atoms with Crippen molar-refractivity contribution in [1.82, 2.24) is 4.90 Å². The zero-order valence-corrected chi connectivity index (χ0v) is 15.5. The Bertz CT molecular complexity index is 749. The molecule has 2 aliphatic rings. The predicted molar refractivity (Wildman–Crippen MR) is 94.3 cm³/mol. The summed E-state index contributed by atoms with van der Waals surface area (Å²) in [4.78, 5) is 50.2. The Kier molecular flexibility index (Phi) is 5.58. The molecule has 1 aliphatic heterocycles. The molecule has 7 nitrogen and oxygen atoms in total. The lowest BCUT2D eigenvalue weighted by Crippen LogP contribution is -2.44. The molecule has 1 aromatic rings. The molecule has 0 aromatic heterocycles. The summed E-state index contributed by atoms with van der Waals surface area (Å²) in [5.74, 6) is -2.23. The van der Waals surface area contributed by atoms with Crippen molar-refractivity contribution < 1.29 is 28.7 Å². The van der Waals surface area contributed by atoms with E-state index in [0.717, 1.165) is 17.7 Å². The molecule has 1 aromatic carbocycles. The highest BCUT2D eigenvalue weighted by Crippen LogP contribution is 2.38. The molecular formula is C20H23NO6. The number of methoxy groups -OCH3 is 1. The van der Waals surface area contributed by atoms with E-state index in [1.54, 1.807) is 24.3 Å². The standard InChI is InChI=1S/C20H23NO6/c1-12(21-17(22)15-8-3-4-9-16(15)18(21)23)19(24)27-11-13-6-5-7-14(10-13)20(25)26-2/h5-7,10,12,15-16H,3-4,8-9,11H2,1-2H3/t12-,15-,16-/m0/s1. The number of hydrogen-bond donors (Lipinski definition) is 0. The average molecular weight is 373 g/mol. The van der Waals surface area contributed by atoms with Crippen LogP contribution in [0.4, 0.5) is 0 Å². The number of fused-ring (bicyclic) bond motifs is 1. The van der Waals surface area contributed by atoms with E-state index in [1.165, 1.54) is 14.0 Å². The van der Waals surface area contributed by atoms with Crippen LogP contribution in [0.2, 0.25) is 0 Å². The normalized spacial score (nSPS) is 23.0. The lowest BCUT2D eigenvalue weighted by atomic mass is 9.81.